The first-order chi connectivity index (χ1) is 17.7. The van der Waals surface area contributed by atoms with Crippen LogP contribution in [-0.4, -0.2) is 26.5 Å². The van der Waals surface area contributed by atoms with Gasteiger partial charge >= 0.3 is 0 Å². The lowest BCUT2D eigenvalue weighted by atomic mass is 10.1. The summed E-state index contributed by atoms with van der Waals surface area (Å²) in [6.07, 6.45) is 2.64. The van der Waals surface area contributed by atoms with Gasteiger partial charge in [-0.1, -0.05) is 35.9 Å². The standard InChI is InChI=1S/C27H24ClN3O5S/c1-37(34,35)31(18-19-8-12-21(28)13-9-19)22-14-10-20(11-15-22)26(32)30-25-7-3-2-6-24(25)27(33)29-17-23-5-4-16-36-23/h2-16H,17-18H2,1H3,(H,29,33)(H,30,32). The minimum absolute atomic E-state index is 0.113. The fourth-order valence-electron chi connectivity index (χ4n) is 3.60. The highest BCUT2D eigenvalue weighted by Gasteiger charge is 2.19. The molecule has 0 bridgehead atoms. The number of hydrogen-bond acceptors (Lipinski definition) is 5. The van der Waals surface area contributed by atoms with Crippen molar-refractivity contribution in [1.29, 1.82) is 0 Å². The predicted molar refractivity (Wildman–Crippen MR) is 143 cm³/mol. The van der Waals surface area contributed by atoms with Gasteiger partial charge in [-0.3, -0.25) is 13.9 Å². The summed E-state index contributed by atoms with van der Waals surface area (Å²) in [7, 11) is -3.60. The molecule has 0 saturated heterocycles. The molecule has 0 aliphatic heterocycles. The number of hydrogen-bond donors (Lipinski definition) is 2. The summed E-state index contributed by atoms with van der Waals surface area (Å²) in [6, 6.07) is 23.2. The smallest absolute Gasteiger partial charge is 0.255 e. The zero-order valence-corrected chi connectivity index (χ0v) is 21.4. The molecule has 4 rings (SSSR count). The molecule has 0 radical (unpaired) electrons. The van der Waals surface area contributed by atoms with Crippen molar-refractivity contribution in [2.75, 3.05) is 15.9 Å². The molecule has 2 amide bonds. The molecule has 10 heteroatoms. The highest BCUT2D eigenvalue weighted by molar-refractivity contribution is 7.92. The van der Waals surface area contributed by atoms with E-state index in [2.05, 4.69) is 10.6 Å². The van der Waals surface area contributed by atoms with Gasteiger partial charge in [0.05, 0.1) is 42.5 Å². The van der Waals surface area contributed by atoms with E-state index in [4.69, 9.17) is 16.0 Å². The maximum atomic E-state index is 12.9. The molecule has 0 atom stereocenters. The number of furan rings is 1. The summed E-state index contributed by atoms with van der Waals surface area (Å²) in [6.45, 7) is 0.324. The van der Waals surface area contributed by atoms with Crippen LogP contribution < -0.4 is 14.9 Å². The molecule has 0 unspecified atom stereocenters. The first kappa shape index (κ1) is 26.0. The number of nitrogens with one attached hydrogen (secondary N) is 2. The molecule has 190 valence electrons. The number of sulfonamides is 1. The van der Waals surface area contributed by atoms with Crippen molar-refractivity contribution in [2.24, 2.45) is 0 Å². The number of benzene rings is 3. The van der Waals surface area contributed by atoms with Crippen LogP contribution in [0.15, 0.2) is 95.6 Å². The average molecular weight is 538 g/mol. The topological polar surface area (TPSA) is 109 Å². The molecule has 0 saturated carbocycles. The lowest BCUT2D eigenvalue weighted by molar-refractivity contribution is 0.0949. The quantitative estimate of drug-likeness (QED) is 0.309. The SMILES string of the molecule is CS(=O)(=O)N(Cc1ccc(Cl)cc1)c1ccc(C(=O)Nc2ccccc2C(=O)NCc2ccco2)cc1. The minimum Gasteiger partial charge on any atom is -0.467 e. The normalized spacial score (nSPS) is 11.1. The molecular formula is C27H24ClN3O5S. The molecule has 0 spiro atoms. The maximum absolute atomic E-state index is 12.9. The molecule has 8 nitrogen and oxygen atoms in total. The highest BCUT2D eigenvalue weighted by Crippen LogP contribution is 2.23. The van der Waals surface area contributed by atoms with E-state index >= 15 is 0 Å². The molecule has 0 aliphatic carbocycles. The van der Waals surface area contributed by atoms with Crippen molar-refractivity contribution in [1.82, 2.24) is 5.32 Å². The van der Waals surface area contributed by atoms with E-state index < -0.39 is 15.9 Å². The van der Waals surface area contributed by atoms with Crippen LogP contribution in [0.1, 0.15) is 32.0 Å². The molecule has 1 heterocycles. The molecule has 3 aromatic carbocycles. The van der Waals surface area contributed by atoms with Gasteiger partial charge in [0.2, 0.25) is 10.0 Å². The Bertz CT molecular complexity index is 1490. The van der Waals surface area contributed by atoms with Gasteiger partial charge in [-0.05, 0) is 66.2 Å². The number of nitrogens with zero attached hydrogens (tertiary/aromatic N) is 1. The van der Waals surface area contributed by atoms with Gasteiger partial charge in [-0.15, -0.1) is 0 Å². The first-order valence-corrected chi connectivity index (χ1v) is 13.5. The Morgan fingerprint density at radius 3 is 2.24 bits per heavy atom. The van der Waals surface area contributed by atoms with E-state index in [1.54, 1.807) is 72.8 Å². The van der Waals surface area contributed by atoms with Crippen LogP contribution in [0.3, 0.4) is 0 Å². The summed E-state index contributed by atoms with van der Waals surface area (Å²) in [5.74, 6) is -0.204. The summed E-state index contributed by atoms with van der Waals surface area (Å²) in [4.78, 5) is 25.6. The maximum Gasteiger partial charge on any atom is 0.255 e. The zero-order valence-electron chi connectivity index (χ0n) is 19.8. The summed E-state index contributed by atoms with van der Waals surface area (Å²) in [5.41, 5.74) is 2.11. The van der Waals surface area contributed by atoms with Crippen LogP contribution in [-0.2, 0) is 23.1 Å². The highest BCUT2D eigenvalue weighted by atomic mass is 35.5. The molecule has 1 aromatic heterocycles. The molecule has 4 aromatic rings. The molecule has 0 fully saturated rings. The third kappa shape index (κ3) is 6.78. The Balaban J connectivity index is 1.48. The lowest BCUT2D eigenvalue weighted by Gasteiger charge is -2.23. The van der Waals surface area contributed by atoms with Gasteiger partial charge in [0.15, 0.2) is 0 Å². The minimum atomic E-state index is -3.60. The number of halogens is 1. The van der Waals surface area contributed by atoms with E-state index in [-0.39, 0.29) is 19.0 Å². The molecular weight excluding hydrogens is 514 g/mol. The lowest BCUT2D eigenvalue weighted by Crippen LogP contribution is -2.29. The van der Waals surface area contributed by atoms with Crippen LogP contribution in [0.5, 0.6) is 0 Å². The Morgan fingerprint density at radius 1 is 0.892 bits per heavy atom. The van der Waals surface area contributed by atoms with E-state index in [9.17, 15) is 18.0 Å². The number of amides is 2. The van der Waals surface area contributed by atoms with Crippen molar-refractivity contribution in [3.63, 3.8) is 0 Å². The van der Waals surface area contributed by atoms with Crippen molar-refractivity contribution < 1.29 is 22.4 Å². The van der Waals surface area contributed by atoms with Gasteiger partial charge in [0.1, 0.15) is 5.76 Å². The largest absolute Gasteiger partial charge is 0.467 e. The van der Waals surface area contributed by atoms with Crippen molar-refractivity contribution in [3.8, 4) is 0 Å². The van der Waals surface area contributed by atoms with E-state index in [1.807, 2.05) is 0 Å². The van der Waals surface area contributed by atoms with Crippen molar-refractivity contribution in [2.45, 2.75) is 13.1 Å². The number of para-hydroxylation sites is 1. The average Bonchev–Trinajstić information content (AvgIpc) is 3.40. The summed E-state index contributed by atoms with van der Waals surface area (Å²) in [5, 5.41) is 6.07. The Morgan fingerprint density at radius 2 is 1.59 bits per heavy atom. The zero-order chi connectivity index (χ0) is 26.4. The molecule has 2 N–H and O–H groups in total. The number of carbonyl (C=O) groups is 2. The Labute approximate surface area is 219 Å². The summed E-state index contributed by atoms with van der Waals surface area (Å²) >= 11 is 5.93. The third-order valence-electron chi connectivity index (χ3n) is 5.48. The third-order valence-corrected chi connectivity index (χ3v) is 6.87. The Hall–Kier alpha value is -4.08. The van der Waals surface area contributed by atoms with Crippen molar-refractivity contribution in [3.05, 3.63) is 119 Å². The number of carbonyl (C=O) groups excluding carboxylic acids is 2. The van der Waals surface area contributed by atoms with Gasteiger partial charge in [-0.2, -0.15) is 0 Å². The van der Waals surface area contributed by atoms with Crippen LogP contribution in [0.2, 0.25) is 5.02 Å². The fraction of sp³-hybridized carbons (Fsp3) is 0.111. The van der Waals surface area contributed by atoms with Crippen LogP contribution >= 0.6 is 11.6 Å². The van der Waals surface area contributed by atoms with Crippen LogP contribution in [0.25, 0.3) is 0 Å². The monoisotopic (exact) mass is 537 g/mol. The second-order valence-corrected chi connectivity index (χ2v) is 10.5. The van der Waals surface area contributed by atoms with E-state index in [1.165, 1.54) is 22.7 Å². The first-order valence-electron chi connectivity index (χ1n) is 11.2. The number of rotatable bonds is 9. The Kier molecular flexibility index (Phi) is 7.95. The number of anilines is 2. The fourth-order valence-corrected chi connectivity index (χ4v) is 4.61. The van der Waals surface area contributed by atoms with E-state index in [0.717, 1.165) is 11.8 Å². The van der Waals surface area contributed by atoms with Gasteiger partial charge in [-0.25, -0.2) is 8.42 Å². The van der Waals surface area contributed by atoms with Gasteiger partial charge < -0.3 is 15.1 Å². The van der Waals surface area contributed by atoms with Crippen LogP contribution in [0, 0.1) is 0 Å². The summed E-state index contributed by atoms with van der Waals surface area (Å²) < 4.78 is 31.4. The van der Waals surface area contributed by atoms with E-state index in [0.29, 0.717) is 33.3 Å². The van der Waals surface area contributed by atoms with Gasteiger partial charge in [0.25, 0.3) is 11.8 Å². The second-order valence-electron chi connectivity index (χ2n) is 8.20. The molecule has 37 heavy (non-hydrogen) atoms. The molecule has 0 aliphatic rings. The van der Waals surface area contributed by atoms with Crippen molar-refractivity contribution >= 4 is 44.8 Å². The van der Waals surface area contributed by atoms with Crippen LogP contribution in [0.4, 0.5) is 11.4 Å². The second kappa shape index (κ2) is 11.3. The van der Waals surface area contributed by atoms with Gasteiger partial charge in [0, 0.05) is 10.6 Å². The predicted octanol–water partition coefficient (Wildman–Crippen LogP) is 5.08.